The van der Waals surface area contributed by atoms with Crippen molar-refractivity contribution in [1.29, 1.82) is 0 Å². The van der Waals surface area contributed by atoms with Crippen LogP contribution in [0.4, 0.5) is 0 Å². The molecule has 1 N–H and O–H groups in total. The predicted octanol–water partition coefficient (Wildman–Crippen LogP) is 4.37. The second-order valence-electron chi connectivity index (χ2n) is 4.38. The average molecular weight is 234 g/mol. The van der Waals surface area contributed by atoms with E-state index in [2.05, 4.69) is 13.8 Å². The lowest BCUT2D eigenvalue weighted by Crippen LogP contribution is -2.02. The molecule has 0 saturated heterocycles. The molecule has 2 unspecified atom stereocenters. The Balaban J connectivity index is 3.59. The van der Waals surface area contributed by atoms with Crippen molar-refractivity contribution in [3.8, 4) is 0 Å². The van der Waals surface area contributed by atoms with E-state index in [9.17, 15) is 9.46 Å². The fourth-order valence-electron chi connectivity index (χ4n) is 1.85. The van der Waals surface area contributed by atoms with Gasteiger partial charge in [-0.1, -0.05) is 58.8 Å². The maximum Gasteiger partial charge on any atom is 0.192 e. The topological polar surface area (TPSA) is 37.3 Å². The van der Waals surface area contributed by atoms with E-state index >= 15 is 0 Å². The monoisotopic (exact) mass is 234 g/mol. The Hall–Kier alpha value is 0.190. The normalized spacial score (nSPS) is 15.1. The fourth-order valence-corrected chi connectivity index (χ4v) is 2.75. The zero-order valence-electron chi connectivity index (χ0n) is 10.3. The Morgan fingerprint density at radius 3 is 1.87 bits per heavy atom. The van der Waals surface area contributed by atoms with Crippen LogP contribution < -0.4 is 0 Å². The van der Waals surface area contributed by atoms with Gasteiger partial charge in [-0.25, -0.2) is 0 Å². The van der Waals surface area contributed by atoms with Gasteiger partial charge in [0, 0.05) is 5.66 Å². The minimum absolute atomic E-state index is 0.0957. The van der Waals surface area contributed by atoms with Gasteiger partial charge in [-0.2, -0.15) is 0 Å². The molecule has 0 aromatic heterocycles. The Kier molecular flexibility index (Phi) is 10.8. The number of rotatable bonds is 10. The molecule has 0 aliphatic rings. The largest absolute Gasteiger partial charge is 0.346 e. The van der Waals surface area contributed by atoms with Crippen molar-refractivity contribution in [2.45, 2.75) is 77.3 Å². The quantitative estimate of drug-likeness (QED) is 0.450. The van der Waals surface area contributed by atoms with E-state index in [1.54, 1.807) is 0 Å². The molecule has 0 amide bonds. The van der Waals surface area contributed by atoms with Crippen LogP contribution in [0.3, 0.4) is 0 Å². The molecule has 0 aromatic carbocycles. The van der Waals surface area contributed by atoms with E-state index in [1.165, 1.54) is 32.1 Å². The van der Waals surface area contributed by atoms with Crippen molar-refractivity contribution in [1.82, 2.24) is 0 Å². The van der Waals surface area contributed by atoms with Crippen LogP contribution >= 0.6 is 8.03 Å². The van der Waals surface area contributed by atoms with Gasteiger partial charge in [-0.05, 0) is 12.8 Å². The molecule has 0 rings (SSSR count). The third-order valence-corrected chi connectivity index (χ3v) is 4.19. The van der Waals surface area contributed by atoms with Gasteiger partial charge in [0.15, 0.2) is 8.03 Å². The molecule has 0 aromatic rings. The Morgan fingerprint density at radius 1 is 0.933 bits per heavy atom. The highest BCUT2D eigenvalue weighted by atomic mass is 31.1. The summed E-state index contributed by atoms with van der Waals surface area (Å²) in [5, 5.41) is 0. The van der Waals surface area contributed by atoms with Gasteiger partial charge in [0.25, 0.3) is 0 Å². The molecule has 0 spiro atoms. The standard InChI is InChI=1S/C12H27O2P/c1-3-5-7-9-11-12(15(13)14)10-8-6-4-2/h12,15H,3-11H2,1-2H3,(H,13,14). The fraction of sp³-hybridized carbons (Fsp3) is 1.00. The second kappa shape index (κ2) is 10.7. The molecule has 2 atom stereocenters. The smallest absolute Gasteiger partial charge is 0.192 e. The van der Waals surface area contributed by atoms with Gasteiger partial charge in [0.05, 0.1) is 0 Å². The summed E-state index contributed by atoms with van der Waals surface area (Å²) in [6.45, 7) is 4.35. The van der Waals surface area contributed by atoms with Crippen molar-refractivity contribution in [3.05, 3.63) is 0 Å². The first-order valence-corrected chi connectivity index (χ1v) is 7.88. The summed E-state index contributed by atoms with van der Waals surface area (Å²) in [6, 6.07) is 0. The molecule has 2 nitrogen and oxygen atoms in total. The van der Waals surface area contributed by atoms with Gasteiger partial charge in [-0.3, -0.25) is 4.57 Å². The van der Waals surface area contributed by atoms with E-state index in [4.69, 9.17) is 0 Å². The third-order valence-electron chi connectivity index (χ3n) is 2.91. The summed E-state index contributed by atoms with van der Waals surface area (Å²) in [6.07, 6.45) is 10.2. The third kappa shape index (κ3) is 9.14. The molecular formula is C12H27O2P. The van der Waals surface area contributed by atoms with Crippen LogP contribution in [0.25, 0.3) is 0 Å². The molecule has 3 heteroatoms. The van der Waals surface area contributed by atoms with Gasteiger partial charge in [-0.15, -0.1) is 0 Å². The van der Waals surface area contributed by atoms with Crippen LogP contribution in [0.1, 0.15) is 71.6 Å². The lowest BCUT2D eigenvalue weighted by molar-refractivity contribution is 0.465. The summed E-state index contributed by atoms with van der Waals surface area (Å²) >= 11 is 0. The summed E-state index contributed by atoms with van der Waals surface area (Å²) in [7, 11) is -2.29. The lowest BCUT2D eigenvalue weighted by atomic mass is 10.1. The van der Waals surface area contributed by atoms with Crippen molar-refractivity contribution in [2.75, 3.05) is 0 Å². The first kappa shape index (κ1) is 15.2. The van der Waals surface area contributed by atoms with E-state index in [1.807, 2.05) is 0 Å². The summed E-state index contributed by atoms with van der Waals surface area (Å²) in [5.74, 6) is 0. The summed E-state index contributed by atoms with van der Waals surface area (Å²) < 4.78 is 11.1. The molecule has 0 fully saturated rings. The molecule has 0 bridgehead atoms. The first-order valence-electron chi connectivity index (χ1n) is 6.45. The highest BCUT2D eigenvalue weighted by molar-refractivity contribution is 7.38. The van der Waals surface area contributed by atoms with E-state index in [0.717, 1.165) is 25.7 Å². The zero-order valence-corrected chi connectivity index (χ0v) is 11.3. The average Bonchev–Trinajstić information content (AvgIpc) is 2.21. The molecule has 92 valence electrons. The first-order chi connectivity index (χ1) is 7.22. The molecule has 0 aliphatic carbocycles. The van der Waals surface area contributed by atoms with Crippen molar-refractivity contribution in [2.24, 2.45) is 0 Å². The van der Waals surface area contributed by atoms with Crippen molar-refractivity contribution in [3.63, 3.8) is 0 Å². The number of hydrogen-bond acceptors (Lipinski definition) is 1. The van der Waals surface area contributed by atoms with Crippen molar-refractivity contribution >= 4 is 8.03 Å². The maximum absolute atomic E-state index is 11.1. The minimum Gasteiger partial charge on any atom is -0.346 e. The van der Waals surface area contributed by atoms with E-state index in [0.29, 0.717) is 0 Å². The van der Waals surface area contributed by atoms with Crippen LogP contribution in [-0.2, 0) is 4.57 Å². The minimum atomic E-state index is -2.29. The van der Waals surface area contributed by atoms with Crippen LogP contribution in [0.5, 0.6) is 0 Å². The Labute approximate surface area is 95.3 Å². The summed E-state index contributed by atoms with van der Waals surface area (Å²) in [5.41, 5.74) is 0.0957. The number of hydrogen-bond donors (Lipinski definition) is 1. The van der Waals surface area contributed by atoms with Crippen LogP contribution in [0.2, 0.25) is 0 Å². The molecule has 0 radical (unpaired) electrons. The van der Waals surface area contributed by atoms with Crippen LogP contribution in [0.15, 0.2) is 0 Å². The summed E-state index contributed by atoms with van der Waals surface area (Å²) in [4.78, 5) is 9.21. The lowest BCUT2D eigenvalue weighted by Gasteiger charge is -2.12. The highest BCUT2D eigenvalue weighted by Crippen LogP contribution is 2.31. The molecule has 0 heterocycles. The number of unbranched alkanes of at least 4 members (excludes halogenated alkanes) is 5. The van der Waals surface area contributed by atoms with Crippen LogP contribution in [-0.4, -0.2) is 10.6 Å². The van der Waals surface area contributed by atoms with Crippen LogP contribution in [0, 0.1) is 0 Å². The Morgan fingerprint density at radius 2 is 1.40 bits per heavy atom. The zero-order chi connectivity index (χ0) is 11.5. The van der Waals surface area contributed by atoms with Gasteiger partial charge in [0.1, 0.15) is 0 Å². The van der Waals surface area contributed by atoms with Crippen molar-refractivity contribution < 1.29 is 9.46 Å². The van der Waals surface area contributed by atoms with Gasteiger partial charge >= 0.3 is 0 Å². The maximum atomic E-state index is 11.1. The second-order valence-corrected chi connectivity index (χ2v) is 5.87. The molecule has 0 aliphatic heterocycles. The van der Waals surface area contributed by atoms with Gasteiger partial charge < -0.3 is 4.89 Å². The van der Waals surface area contributed by atoms with Gasteiger partial charge in [0.2, 0.25) is 0 Å². The molecular weight excluding hydrogens is 207 g/mol. The predicted molar refractivity (Wildman–Crippen MR) is 67.9 cm³/mol. The molecule has 15 heavy (non-hydrogen) atoms. The van der Waals surface area contributed by atoms with E-state index < -0.39 is 8.03 Å². The highest BCUT2D eigenvalue weighted by Gasteiger charge is 2.13. The molecule has 0 saturated carbocycles. The SMILES string of the molecule is CCCCCCC(CCCCC)[PH](=O)O. The Bertz CT molecular complexity index is 160. The van der Waals surface area contributed by atoms with E-state index in [-0.39, 0.29) is 5.66 Å².